The first-order chi connectivity index (χ1) is 18.2. The van der Waals surface area contributed by atoms with Gasteiger partial charge in [0, 0.05) is 11.2 Å². The van der Waals surface area contributed by atoms with Gasteiger partial charge in [0.1, 0.15) is 41.0 Å². The number of benzene rings is 1. The minimum Gasteiger partial charge on any atom is -0.461 e. The van der Waals surface area contributed by atoms with Crippen LogP contribution in [-0.4, -0.2) is 61.8 Å². The van der Waals surface area contributed by atoms with Gasteiger partial charge in [0.2, 0.25) is 0 Å². The zero-order valence-electron chi connectivity index (χ0n) is 21.7. The lowest BCUT2D eigenvalue weighted by atomic mass is 9.96. The van der Waals surface area contributed by atoms with Crippen LogP contribution >= 0.6 is 19.3 Å². The van der Waals surface area contributed by atoms with Crippen LogP contribution in [0.3, 0.4) is 0 Å². The van der Waals surface area contributed by atoms with E-state index in [1.165, 1.54) is 57.3 Å². The Morgan fingerprint density at radius 1 is 1.33 bits per heavy atom. The monoisotopic (exact) mass is 586 g/mol. The first kappa shape index (κ1) is 29.5. The molecule has 5 atom stereocenters. The Bertz CT molecular complexity index is 1300. The predicted octanol–water partition coefficient (Wildman–Crippen LogP) is 2.16. The van der Waals surface area contributed by atoms with Crippen LogP contribution in [0.5, 0.6) is 5.75 Å². The van der Waals surface area contributed by atoms with Crippen molar-refractivity contribution in [2.24, 2.45) is 0 Å². The molecule has 2 aliphatic rings. The summed E-state index contributed by atoms with van der Waals surface area (Å²) in [6.45, 7) is 3.65. The molecule has 0 bridgehead atoms. The molecule has 13 nitrogen and oxygen atoms in total. The molecule has 2 aromatic rings. The van der Waals surface area contributed by atoms with Gasteiger partial charge in [-0.05, 0) is 70.4 Å². The third-order valence-corrected chi connectivity index (χ3v) is 8.58. The molecular weight excluding hydrogens is 555 g/mol. The van der Waals surface area contributed by atoms with Crippen molar-refractivity contribution in [2.75, 3.05) is 12.3 Å². The maximum absolute atomic E-state index is 13.9. The number of carbonyl (C=O) groups is 1. The summed E-state index contributed by atoms with van der Waals surface area (Å²) in [4.78, 5) is 28.8. The molecule has 1 aliphatic carbocycles. The Morgan fingerprint density at radius 2 is 2.00 bits per heavy atom. The fourth-order valence-corrected chi connectivity index (χ4v) is 5.85. The highest BCUT2D eigenvalue weighted by molar-refractivity contribution is 7.52. The van der Waals surface area contributed by atoms with Crippen molar-refractivity contribution in [1.29, 1.82) is 0 Å². The molecule has 3 unspecified atom stereocenters. The second-order valence-corrected chi connectivity index (χ2v) is 12.4. The number of aromatic nitrogens is 2. The van der Waals surface area contributed by atoms with Crippen LogP contribution in [0.4, 0.5) is 5.82 Å². The number of nitrogen functional groups attached to an aromatic ring is 1. The maximum atomic E-state index is 13.9. The number of hydrogen-bond acceptors (Lipinski definition) is 11. The molecule has 1 aliphatic heterocycles. The number of aliphatic hydroxyl groups excluding tert-OH is 1. The van der Waals surface area contributed by atoms with E-state index in [4.69, 9.17) is 35.9 Å². The second-order valence-electron chi connectivity index (χ2n) is 10.3. The number of esters is 1. The average molecular weight is 587 g/mol. The highest BCUT2D eigenvalue weighted by Gasteiger charge is 2.54. The number of aliphatic hydroxyl groups is 2. The van der Waals surface area contributed by atoms with E-state index in [2.05, 4.69) is 10.1 Å². The summed E-state index contributed by atoms with van der Waals surface area (Å²) in [6, 6.07) is 7.28. The van der Waals surface area contributed by atoms with Crippen molar-refractivity contribution in [3.05, 3.63) is 52.0 Å². The molecule has 214 valence electrons. The topological polar surface area (TPSA) is 184 Å². The maximum Gasteiger partial charge on any atom is 0.459 e. The van der Waals surface area contributed by atoms with E-state index >= 15 is 0 Å². The van der Waals surface area contributed by atoms with Crippen molar-refractivity contribution in [1.82, 2.24) is 14.6 Å². The van der Waals surface area contributed by atoms with Crippen molar-refractivity contribution < 1.29 is 38.1 Å². The summed E-state index contributed by atoms with van der Waals surface area (Å²) >= 11 is 5.94. The molecule has 15 heteroatoms. The van der Waals surface area contributed by atoms with Gasteiger partial charge in [-0.25, -0.2) is 9.36 Å². The number of carbonyl (C=O) groups excluding carboxylic acids is 1. The average Bonchev–Trinajstić information content (AvgIpc) is 3.04. The van der Waals surface area contributed by atoms with E-state index in [0.717, 1.165) is 23.8 Å². The van der Waals surface area contributed by atoms with Crippen LogP contribution in [0.1, 0.15) is 46.3 Å². The van der Waals surface area contributed by atoms with E-state index in [9.17, 15) is 24.4 Å². The van der Waals surface area contributed by atoms with Gasteiger partial charge in [-0.3, -0.25) is 13.9 Å². The number of rotatable bonds is 10. The number of ether oxygens (including phenoxy) is 2. The van der Waals surface area contributed by atoms with Gasteiger partial charge in [-0.2, -0.15) is 10.1 Å². The fraction of sp³-hybridized carbons (Fsp3) is 0.542. The number of nitrogens with zero attached hydrogens (tertiary/aromatic N) is 2. The van der Waals surface area contributed by atoms with Gasteiger partial charge in [0.25, 0.3) is 0 Å². The molecule has 4 rings (SSSR count). The van der Waals surface area contributed by atoms with E-state index < -0.39 is 55.6 Å². The minimum absolute atomic E-state index is 0.0286. The standard InChI is InChI=1S/C24H32ClN4O9P/c1-23(2,21(31)36-15-5-4-6-15)28-39(34,38-16-9-7-14(25)8-10-16)35-13-17-19(30)24(3,33)20(37-17)29-12-11-18(26)27-22(29)32/h7-12,15,17,19-20,30,33H,4-6,13H2,1-3H3,(H,28,34)(H2,26,27,32)/t17?,19-,20?,24-,39?/m1/s1. The van der Waals surface area contributed by atoms with Crippen LogP contribution in [-0.2, 0) is 23.4 Å². The van der Waals surface area contributed by atoms with Crippen LogP contribution < -0.4 is 21.0 Å². The van der Waals surface area contributed by atoms with E-state index in [0.29, 0.717) is 5.02 Å². The second kappa shape index (κ2) is 11.2. The third-order valence-electron chi connectivity index (χ3n) is 6.56. The number of hydrogen-bond donors (Lipinski definition) is 4. The Balaban J connectivity index is 1.53. The Labute approximate surface area is 229 Å². The molecule has 5 N–H and O–H groups in total. The van der Waals surface area contributed by atoms with Crippen LogP contribution in [0, 0.1) is 0 Å². The SMILES string of the molecule is CC(C)(NP(=O)(OCC1OC(n2ccc(N)nc2=O)[C@](C)(O)[C@@H]1O)Oc1ccc(Cl)cc1)C(=O)OC1CCC1. The van der Waals surface area contributed by atoms with E-state index in [-0.39, 0.29) is 17.7 Å². The molecule has 1 saturated carbocycles. The van der Waals surface area contributed by atoms with Crippen molar-refractivity contribution >= 4 is 31.1 Å². The van der Waals surface area contributed by atoms with E-state index in [1.54, 1.807) is 0 Å². The molecule has 2 heterocycles. The number of anilines is 1. The van der Waals surface area contributed by atoms with Gasteiger partial charge in [-0.15, -0.1) is 0 Å². The summed E-state index contributed by atoms with van der Waals surface area (Å²) < 4.78 is 37.4. The molecule has 2 fully saturated rings. The lowest BCUT2D eigenvalue weighted by Crippen LogP contribution is -2.49. The van der Waals surface area contributed by atoms with Gasteiger partial charge in [0.15, 0.2) is 6.23 Å². The summed E-state index contributed by atoms with van der Waals surface area (Å²) in [6.07, 6.45) is -0.671. The summed E-state index contributed by atoms with van der Waals surface area (Å²) in [5.41, 5.74) is 1.27. The first-order valence-corrected chi connectivity index (χ1v) is 14.2. The number of nitrogens with two attached hydrogens (primary N) is 1. The normalized spacial score (nSPS) is 27.0. The Morgan fingerprint density at radius 3 is 2.59 bits per heavy atom. The van der Waals surface area contributed by atoms with Crippen LogP contribution in [0.25, 0.3) is 0 Å². The summed E-state index contributed by atoms with van der Waals surface area (Å²) in [5, 5.41) is 24.8. The molecule has 1 saturated heterocycles. The third kappa shape index (κ3) is 6.63. The zero-order valence-corrected chi connectivity index (χ0v) is 23.3. The number of halogens is 1. The van der Waals surface area contributed by atoms with Crippen molar-refractivity contribution in [2.45, 2.75) is 75.7 Å². The smallest absolute Gasteiger partial charge is 0.459 e. The van der Waals surface area contributed by atoms with Crippen molar-refractivity contribution in [3.63, 3.8) is 0 Å². The van der Waals surface area contributed by atoms with E-state index in [1.807, 2.05) is 0 Å². The summed E-state index contributed by atoms with van der Waals surface area (Å²) in [5.74, 6) is -0.555. The van der Waals surface area contributed by atoms with Gasteiger partial charge in [0.05, 0.1) is 6.61 Å². The Kier molecular flexibility index (Phi) is 8.44. The molecule has 0 spiro atoms. The predicted molar refractivity (Wildman–Crippen MR) is 140 cm³/mol. The lowest BCUT2D eigenvalue weighted by Gasteiger charge is -2.33. The summed E-state index contributed by atoms with van der Waals surface area (Å²) in [7, 11) is -4.36. The molecule has 0 amide bonds. The van der Waals surface area contributed by atoms with Gasteiger partial charge in [-0.1, -0.05) is 11.6 Å². The Hall–Kier alpha value is -2.51. The van der Waals surface area contributed by atoms with Gasteiger partial charge >= 0.3 is 19.4 Å². The minimum atomic E-state index is -4.36. The zero-order chi connectivity index (χ0) is 28.6. The highest BCUT2D eigenvalue weighted by atomic mass is 35.5. The largest absolute Gasteiger partial charge is 0.461 e. The number of nitrogens with one attached hydrogen (secondary N) is 1. The van der Waals surface area contributed by atoms with Crippen molar-refractivity contribution in [3.8, 4) is 5.75 Å². The molecular formula is C24H32ClN4O9P. The quantitative estimate of drug-likeness (QED) is 0.235. The molecule has 39 heavy (non-hydrogen) atoms. The molecule has 0 radical (unpaired) electrons. The lowest BCUT2D eigenvalue weighted by molar-refractivity contribution is -0.159. The first-order valence-electron chi connectivity index (χ1n) is 12.3. The fourth-order valence-electron chi connectivity index (χ4n) is 4.04. The molecule has 1 aromatic carbocycles. The highest BCUT2D eigenvalue weighted by Crippen LogP contribution is 2.48. The van der Waals surface area contributed by atoms with Gasteiger partial charge < -0.3 is 29.9 Å². The molecule has 1 aromatic heterocycles. The van der Waals surface area contributed by atoms with Crippen LogP contribution in [0.2, 0.25) is 5.02 Å². The van der Waals surface area contributed by atoms with Crippen LogP contribution in [0.15, 0.2) is 41.3 Å².